The third kappa shape index (κ3) is 1.66. The van der Waals surface area contributed by atoms with Gasteiger partial charge in [-0.15, -0.1) is 0 Å². The van der Waals surface area contributed by atoms with E-state index in [1.807, 2.05) is 6.92 Å². The molecule has 1 N–H and O–H groups in total. The van der Waals surface area contributed by atoms with Crippen molar-refractivity contribution in [3.63, 3.8) is 0 Å². The van der Waals surface area contributed by atoms with Gasteiger partial charge in [-0.25, -0.2) is 4.79 Å². The van der Waals surface area contributed by atoms with Gasteiger partial charge in [0.15, 0.2) is 11.0 Å². The van der Waals surface area contributed by atoms with Crippen LogP contribution in [0.1, 0.15) is 33.6 Å². The van der Waals surface area contributed by atoms with Crippen LogP contribution in [0, 0.1) is 11.3 Å². The van der Waals surface area contributed by atoms with Crippen LogP contribution in [0.3, 0.4) is 0 Å². The lowest BCUT2D eigenvalue weighted by molar-refractivity contribution is -0.193. The Morgan fingerprint density at radius 2 is 1.71 bits per heavy atom. The molecule has 1 aliphatic heterocycles. The Kier molecular flexibility index (Phi) is 3.78. The van der Waals surface area contributed by atoms with Crippen LogP contribution in [-0.2, 0) is 28.7 Å². The van der Waals surface area contributed by atoms with Gasteiger partial charge in [0.1, 0.15) is 0 Å². The number of ketones is 1. The highest BCUT2D eigenvalue weighted by Crippen LogP contribution is 2.60. The molecule has 1 heterocycles. The van der Waals surface area contributed by atoms with E-state index in [1.54, 1.807) is 13.8 Å². The second-order valence-corrected chi connectivity index (χ2v) is 5.25. The van der Waals surface area contributed by atoms with Gasteiger partial charge in [0.25, 0.3) is 5.91 Å². The van der Waals surface area contributed by atoms with Crippen LogP contribution in [0.2, 0.25) is 0 Å². The van der Waals surface area contributed by atoms with Crippen molar-refractivity contribution in [3.05, 3.63) is 0 Å². The van der Waals surface area contributed by atoms with Crippen molar-refractivity contribution >= 4 is 23.6 Å². The van der Waals surface area contributed by atoms with Crippen LogP contribution in [0.25, 0.3) is 0 Å². The maximum atomic E-state index is 12.4. The highest BCUT2D eigenvalue weighted by Gasteiger charge is 2.83. The van der Waals surface area contributed by atoms with Gasteiger partial charge in [-0.1, -0.05) is 13.3 Å². The molecule has 21 heavy (non-hydrogen) atoms. The minimum absolute atomic E-state index is 0.0672. The predicted octanol–water partition coefficient (Wildman–Crippen LogP) is -0.0334. The zero-order valence-corrected chi connectivity index (χ0v) is 12.4. The Bertz CT molecular complexity index is 516. The second kappa shape index (κ2) is 5.13. The largest absolute Gasteiger partial charge is 0.465 e. The molecule has 1 saturated carbocycles. The lowest BCUT2D eigenvalue weighted by Gasteiger charge is -2.54. The van der Waals surface area contributed by atoms with Crippen molar-refractivity contribution in [2.75, 3.05) is 13.2 Å². The summed E-state index contributed by atoms with van der Waals surface area (Å²) in [5.41, 5.74) is -3.38. The molecule has 2 rings (SSSR count). The topological polar surface area (TPSA) is 98.8 Å². The number of hydrogen-bond donors (Lipinski definition) is 1. The van der Waals surface area contributed by atoms with E-state index in [9.17, 15) is 19.2 Å². The van der Waals surface area contributed by atoms with Gasteiger partial charge in [-0.3, -0.25) is 14.4 Å². The summed E-state index contributed by atoms with van der Waals surface area (Å²) in [5.74, 6) is -3.72. The fourth-order valence-corrected chi connectivity index (χ4v) is 3.49. The number of amides is 1. The zero-order chi connectivity index (χ0) is 15.8. The molecule has 1 saturated heterocycles. The Hall–Kier alpha value is -1.92. The average molecular weight is 297 g/mol. The summed E-state index contributed by atoms with van der Waals surface area (Å²) >= 11 is 0. The van der Waals surface area contributed by atoms with Gasteiger partial charge in [-0.2, -0.15) is 0 Å². The van der Waals surface area contributed by atoms with E-state index in [4.69, 9.17) is 9.47 Å². The summed E-state index contributed by atoms with van der Waals surface area (Å²) in [7, 11) is 0. The summed E-state index contributed by atoms with van der Waals surface area (Å²) in [4.78, 5) is 48.8. The van der Waals surface area contributed by atoms with Crippen molar-refractivity contribution in [1.29, 1.82) is 0 Å². The number of carbonyl (C=O) groups excluding carboxylic acids is 4. The maximum Gasteiger partial charge on any atom is 0.333 e. The molecule has 2 fully saturated rings. The number of Topliss-reactive ketones (excluding diaryl/α,β-unsaturated/α-hetero) is 1. The van der Waals surface area contributed by atoms with E-state index in [2.05, 4.69) is 5.32 Å². The molecule has 0 aromatic heterocycles. The zero-order valence-electron chi connectivity index (χ0n) is 12.4. The summed E-state index contributed by atoms with van der Waals surface area (Å²) < 4.78 is 9.97. The molecule has 3 atom stereocenters. The monoisotopic (exact) mass is 297 g/mol. The first-order valence-electron chi connectivity index (χ1n) is 7.13. The van der Waals surface area contributed by atoms with Crippen molar-refractivity contribution in [3.8, 4) is 0 Å². The molecule has 116 valence electrons. The summed E-state index contributed by atoms with van der Waals surface area (Å²) in [6.45, 7) is 5.22. The van der Waals surface area contributed by atoms with E-state index in [-0.39, 0.29) is 25.6 Å². The molecule has 1 amide bonds. The Morgan fingerprint density at radius 3 is 2.24 bits per heavy atom. The smallest absolute Gasteiger partial charge is 0.333 e. The minimum Gasteiger partial charge on any atom is -0.465 e. The number of ether oxygens (including phenoxy) is 2. The van der Waals surface area contributed by atoms with Gasteiger partial charge in [0.2, 0.25) is 5.78 Å². The van der Waals surface area contributed by atoms with Gasteiger partial charge in [-0.05, 0) is 26.2 Å². The molecule has 0 bridgehead atoms. The fourth-order valence-electron chi connectivity index (χ4n) is 3.49. The first-order valence-corrected chi connectivity index (χ1v) is 7.13. The van der Waals surface area contributed by atoms with E-state index < -0.39 is 34.6 Å². The lowest BCUT2D eigenvalue weighted by atomic mass is 9.48. The van der Waals surface area contributed by atoms with Gasteiger partial charge in [0, 0.05) is 0 Å². The molecule has 0 unspecified atom stereocenters. The van der Waals surface area contributed by atoms with E-state index in [0.29, 0.717) is 6.42 Å². The van der Waals surface area contributed by atoms with Gasteiger partial charge in [0.05, 0.1) is 13.2 Å². The lowest BCUT2D eigenvalue weighted by Crippen LogP contribution is -2.75. The van der Waals surface area contributed by atoms with Crippen LogP contribution in [-0.4, -0.2) is 42.4 Å². The standard InChI is InChI=1S/C14H19NO6/c1-4-8-7-13(11(18)20-5-2)9(16)10(17)15-14(8,13)12(19)21-6-3/h8H,4-7H2,1-3H3,(H,15,17)/t8-,13+,14-/m0/s1. The van der Waals surface area contributed by atoms with Gasteiger partial charge >= 0.3 is 11.9 Å². The first kappa shape index (κ1) is 15.5. The number of fused-ring (bicyclic) bond motifs is 1. The number of nitrogens with one attached hydrogen (secondary N) is 1. The Balaban J connectivity index is 2.53. The third-order valence-electron chi connectivity index (χ3n) is 4.46. The second-order valence-electron chi connectivity index (χ2n) is 5.25. The predicted molar refractivity (Wildman–Crippen MR) is 70.0 cm³/mol. The fraction of sp³-hybridized carbons (Fsp3) is 0.714. The highest BCUT2D eigenvalue weighted by molar-refractivity contribution is 6.47. The Labute approximate surface area is 122 Å². The Morgan fingerprint density at radius 1 is 1.14 bits per heavy atom. The molecule has 7 nitrogen and oxygen atoms in total. The van der Waals surface area contributed by atoms with Crippen LogP contribution < -0.4 is 5.32 Å². The number of rotatable bonds is 5. The van der Waals surface area contributed by atoms with Crippen LogP contribution in [0.15, 0.2) is 0 Å². The van der Waals surface area contributed by atoms with E-state index in [0.717, 1.165) is 0 Å². The molecule has 2 aliphatic rings. The van der Waals surface area contributed by atoms with Crippen LogP contribution in [0.5, 0.6) is 0 Å². The normalized spacial score (nSPS) is 33.8. The van der Waals surface area contributed by atoms with Crippen molar-refractivity contribution in [2.45, 2.75) is 39.2 Å². The summed E-state index contributed by atoms with van der Waals surface area (Å²) in [6, 6.07) is 0. The SMILES string of the molecule is CCOC(=O)[C@]12C[C@H](CC)[C@@]1(C(=O)OCC)NC(=O)C2=O. The number of hydrogen-bond acceptors (Lipinski definition) is 6. The van der Waals surface area contributed by atoms with E-state index >= 15 is 0 Å². The molecule has 1 aliphatic carbocycles. The highest BCUT2D eigenvalue weighted by atomic mass is 16.5. The van der Waals surface area contributed by atoms with Crippen LogP contribution >= 0.6 is 0 Å². The first-order chi connectivity index (χ1) is 9.92. The maximum absolute atomic E-state index is 12.4. The van der Waals surface area contributed by atoms with Crippen molar-refractivity contribution in [2.24, 2.45) is 11.3 Å². The molecule has 0 spiro atoms. The molecular weight excluding hydrogens is 278 g/mol. The van der Waals surface area contributed by atoms with E-state index in [1.165, 1.54) is 0 Å². The quantitative estimate of drug-likeness (QED) is 0.434. The third-order valence-corrected chi connectivity index (χ3v) is 4.46. The average Bonchev–Trinajstić information content (AvgIpc) is 2.60. The van der Waals surface area contributed by atoms with Crippen LogP contribution in [0.4, 0.5) is 0 Å². The molecule has 0 aromatic rings. The molecular formula is C14H19NO6. The number of carbonyl (C=O) groups is 4. The summed E-state index contributed by atoms with van der Waals surface area (Å²) in [5, 5.41) is 2.42. The van der Waals surface area contributed by atoms with Crippen molar-refractivity contribution in [1.82, 2.24) is 5.32 Å². The molecule has 0 radical (unpaired) electrons. The minimum atomic E-state index is -1.77. The van der Waals surface area contributed by atoms with Crippen molar-refractivity contribution < 1.29 is 28.7 Å². The molecule has 0 aromatic carbocycles. The molecule has 7 heteroatoms. The van der Waals surface area contributed by atoms with Gasteiger partial charge < -0.3 is 14.8 Å². The number of esters is 2. The summed E-state index contributed by atoms with van der Waals surface area (Å²) in [6.07, 6.45) is 0.659.